The van der Waals surface area contributed by atoms with Crippen LogP contribution < -0.4 is 0 Å². The molecular weight excluding hydrogens is 721 g/mol. The van der Waals surface area contributed by atoms with Crippen LogP contribution in [0, 0.1) is 0 Å². The molecule has 9 aromatic carbocycles. The minimum absolute atomic E-state index is 0.693. The third kappa shape index (κ3) is 4.61. The Balaban J connectivity index is 1.13. The summed E-state index contributed by atoms with van der Waals surface area (Å²) >= 11 is 0. The molecule has 0 unspecified atom stereocenters. The van der Waals surface area contributed by atoms with Gasteiger partial charge in [0.05, 0.1) is 44.4 Å². The summed E-state index contributed by atoms with van der Waals surface area (Å²) in [4.78, 5) is 10.4. The minimum Gasteiger partial charge on any atom is -0.455 e. The molecule has 0 saturated heterocycles. The van der Waals surface area contributed by atoms with Gasteiger partial charge in [0.1, 0.15) is 11.2 Å². The summed E-state index contributed by atoms with van der Waals surface area (Å²) in [6.45, 7) is 0. The fourth-order valence-corrected chi connectivity index (χ4v) is 9.56. The van der Waals surface area contributed by atoms with E-state index in [0.717, 1.165) is 93.9 Å². The Kier molecular flexibility index (Phi) is 6.66. The van der Waals surface area contributed by atoms with Crippen LogP contribution in [-0.2, 0) is 0 Å². The molecule has 59 heavy (non-hydrogen) atoms. The third-order valence-corrected chi connectivity index (χ3v) is 12.1. The Morgan fingerprint density at radius 1 is 0.407 bits per heavy atom. The van der Waals surface area contributed by atoms with Gasteiger partial charge in [0.2, 0.25) is 0 Å². The van der Waals surface area contributed by atoms with Crippen LogP contribution in [0.25, 0.3) is 121 Å². The molecule has 5 nitrogen and oxygen atoms in total. The average molecular weight is 753 g/mol. The average Bonchev–Trinajstić information content (AvgIpc) is 3.96. The van der Waals surface area contributed by atoms with Crippen molar-refractivity contribution < 1.29 is 4.42 Å². The maximum atomic E-state index is 6.77. The van der Waals surface area contributed by atoms with Gasteiger partial charge in [0.15, 0.2) is 5.82 Å². The van der Waals surface area contributed by atoms with E-state index in [1.165, 1.54) is 21.5 Å². The van der Waals surface area contributed by atoms with Crippen molar-refractivity contribution in [1.29, 1.82) is 0 Å². The van der Waals surface area contributed by atoms with Crippen LogP contribution in [0.15, 0.2) is 199 Å². The highest BCUT2D eigenvalue weighted by Gasteiger charge is 2.24. The molecule has 4 heterocycles. The molecule has 0 spiro atoms. The smallest absolute Gasteiger partial charge is 0.160 e. The summed E-state index contributed by atoms with van der Waals surface area (Å²) in [6.07, 6.45) is 0. The lowest BCUT2D eigenvalue weighted by molar-refractivity contribution is 0.673. The zero-order valence-electron chi connectivity index (χ0n) is 31.7. The third-order valence-electron chi connectivity index (χ3n) is 12.1. The molecule has 274 valence electrons. The molecule has 5 heteroatoms. The normalized spacial score (nSPS) is 12.1. The molecule has 0 radical (unpaired) electrons. The summed E-state index contributed by atoms with van der Waals surface area (Å²) in [7, 11) is 0. The van der Waals surface area contributed by atoms with Crippen LogP contribution in [0.1, 0.15) is 0 Å². The Hall–Kier alpha value is -8.02. The molecule has 0 fully saturated rings. The quantitative estimate of drug-likeness (QED) is 0.180. The monoisotopic (exact) mass is 752 g/mol. The van der Waals surface area contributed by atoms with E-state index < -0.39 is 0 Å². The van der Waals surface area contributed by atoms with Gasteiger partial charge in [-0.15, -0.1) is 0 Å². The van der Waals surface area contributed by atoms with Crippen LogP contribution in [0.5, 0.6) is 0 Å². The maximum Gasteiger partial charge on any atom is 0.160 e. The van der Waals surface area contributed by atoms with E-state index in [0.29, 0.717) is 5.82 Å². The van der Waals surface area contributed by atoms with Crippen molar-refractivity contribution in [2.24, 2.45) is 0 Å². The number of furan rings is 1. The van der Waals surface area contributed by atoms with Gasteiger partial charge < -0.3 is 13.6 Å². The number of aromatic nitrogens is 4. The van der Waals surface area contributed by atoms with Gasteiger partial charge in [-0.25, -0.2) is 9.97 Å². The van der Waals surface area contributed by atoms with Crippen molar-refractivity contribution in [1.82, 2.24) is 19.1 Å². The van der Waals surface area contributed by atoms with Gasteiger partial charge in [-0.1, -0.05) is 133 Å². The molecule has 0 N–H and O–H groups in total. The first kappa shape index (κ1) is 32.1. The highest BCUT2D eigenvalue weighted by molar-refractivity contribution is 6.31. The van der Waals surface area contributed by atoms with E-state index in [9.17, 15) is 0 Å². The van der Waals surface area contributed by atoms with Crippen LogP contribution in [0.4, 0.5) is 0 Å². The number of hydrogen-bond acceptors (Lipinski definition) is 3. The second-order valence-corrected chi connectivity index (χ2v) is 15.3. The summed E-state index contributed by atoms with van der Waals surface area (Å²) in [6, 6.07) is 68.8. The Labute approximate surface area is 337 Å². The molecule has 0 atom stereocenters. The molecular formula is C54H32N4O. The van der Waals surface area contributed by atoms with Crippen LogP contribution in [0.3, 0.4) is 0 Å². The molecule has 13 aromatic rings. The fraction of sp³-hybridized carbons (Fsp3) is 0. The van der Waals surface area contributed by atoms with E-state index in [1.54, 1.807) is 0 Å². The molecule has 0 saturated carbocycles. The van der Waals surface area contributed by atoms with E-state index in [1.807, 2.05) is 18.2 Å². The van der Waals surface area contributed by atoms with Crippen LogP contribution in [0.2, 0.25) is 0 Å². The van der Waals surface area contributed by atoms with Crippen LogP contribution >= 0.6 is 0 Å². The molecule has 0 aliphatic carbocycles. The van der Waals surface area contributed by atoms with Gasteiger partial charge in [0.25, 0.3) is 0 Å². The molecule has 0 aliphatic rings. The van der Waals surface area contributed by atoms with Crippen molar-refractivity contribution in [3.8, 4) is 34.0 Å². The van der Waals surface area contributed by atoms with Crippen molar-refractivity contribution in [2.45, 2.75) is 0 Å². The highest BCUT2D eigenvalue weighted by Crippen LogP contribution is 2.46. The number of benzene rings is 9. The first-order chi connectivity index (χ1) is 29.3. The Bertz CT molecular complexity index is 3850. The van der Waals surface area contributed by atoms with Gasteiger partial charge in [0, 0.05) is 54.5 Å². The SMILES string of the molecule is c1ccc(-c2nc(-c3cccc(-n4c5ccccc5c5c4ccc4c6c7oc8ccccc8c7ccc6n(-c6cccc7ccccc67)c45)c3)nc3ccccc23)cc1. The summed E-state index contributed by atoms with van der Waals surface area (Å²) in [5, 5.41) is 10.3. The zero-order chi connectivity index (χ0) is 38.6. The van der Waals surface area contributed by atoms with E-state index in [4.69, 9.17) is 14.4 Å². The van der Waals surface area contributed by atoms with Gasteiger partial charge in [-0.2, -0.15) is 0 Å². The van der Waals surface area contributed by atoms with Gasteiger partial charge in [-0.05, 0) is 66.0 Å². The van der Waals surface area contributed by atoms with Crippen LogP contribution in [-0.4, -0.2) is 19.1 Å². The molecule has 0 aliphatic heterocycles. The highest BCUT2D eigenvalue weighted by atomic mass is 16.3. The first-order valence-corrected chi connectivity index (χ1v) is 20.0. The predicted molar refractivity (Wildman–Crippen MR) is 244 cm³/mol. The van der Waals surface area contributed by atoms with Gasteiger partial charge in [-0.3, -0.25) is 0 Å². The second kappa shape index (κ2) is 12.2. The minimum atomic E-state index is 0.693. The predicted octanol–water partition coefficient (Wildman–Crippen LogP) is 14.2. The largest absolute Gasteiger partial charge is 0.455 e. The first-order valence-electron chi connectivity index (χ1n) is 20.0. The van der Waals surface area contributed by atoms with Crippen molar-refractivity contribution in [2.75, 3.05) is 0 Å². The Morgan fingerprint density at radius 2 is 1.08 bits per heavy atom. The van der Waals surface area contributed by atoms with Crippen molar-refractivity contribution in [3.63, 3.8) is 0 Å². The fourth-order valence-electron chi connectivity index (χ4n) is 9.56. The van der Waals surface area contributed by atoms with Crippen molar-refractivity contribution in [3.05, 3.63) is 194 Å². The number of para-hydroxylation sites is 3. The standard InChI is InChI=1S/C54H32N4O/c1-2-15-34(16-3-1)51-40-22-6-9-24-43(40)55-54(56-51)35-18-12-19-36(32-35)57-45-25-10-7-23-41(45)49-46(57)31-29-42-50-47(30-28-39-38-21-8-11-27-48(38)59-53(39)50)58(52(42)49)44-26-13-17-33-14-4-5-20-37(33)44/h1-32H. The Morgan fingerprint density at radius 3 is 1.98 bits per heavy atom. The molecule has 0 amide bonds. The maximum absolute atomic E-state index is 6.77. The lowest BCUT2D eigenvalue weighted by atomic mass is 10.1. The number of rotatable bonds is 4. The van der Waals surface area contributed by atoms with Crippen molar-refractivity contribution >= 4 is 87.2 Å². The number of nitrogens with zero attached hydrogens (tertiary/aromatic N) is 4. The van der Waals surface area contributed by atoms with E-state index >= 15 is 0 Å². The molecule has 13 rings (SSSR count). The number of hydrogen-bond donors (Lipinski definition) is 0. The summed E-state index contributed by atoms with van der Waals surface area (Å²) in [5.74, 6) is 0.693. The summed E-state index contributed by atoms with van der Waals surface area (Å²) < 4.78 is 11.6. The summed E-state index contributed by atoms with van der Waals surface area (Å²) in [5.41, 5.74) is 12.3. The lowest BCUT2D eigenvalue weighted by Gasteiger charge is -2.13. The number of fused-ring (bicyclic) bond motifs is 13. The molecule has 4 aromatic heterocycles. The second-order valence-electron chi connectivity index (χ2n) is 15.3. The lowest BCUT2D eigenvalue weighted by Crippen LogP contribution is -1.98. The topological polar surface area (TPSA) is 48.8 Å². The zero-order valence-corrected chi connectivity index (χ0v) is 31.7. The van der Waals surface area contributed by atoms with Gasteiger partial charge >= 0.3 is 0 Å². The van der Waals surface area contributed by atoms with E-state index in [2.05, 4.69) is 185 Å². The molecule has 0 bridgehead atoms. The van der Waals surface area contributed by atoms with E-state index in [-0.39, 0.29) is 0 Å².